The van der Waals surface area contributed by atoms with Crippen LogP contribution in [0.3, 0.4) is 0 Å². The maximum atomic E-state index is 11.3. The molecular formula is C9H13BrO. The zero-order valence-electron chi connectivity index (χ0n) is 7.15. The van der Waals surface area contributed by atoms with Gasteiger partial charge in [-0.15, -0.1) is 0 Å². The van der Waals surface area contributed by atoms with Crippen LogP contribution in [0.2, 0.25) is 0 Å². The summed E-state index contributed by atoms with van der Waals surface area (Å²) in [6.07, 6.45) is 2.97. The SMILES string of the molecule is CC1=CC(C)(C)CC(Br)C1=O. The van der Waals surface area contributed by atoms with Crippen LogP contribution in [-0.4, -0.2) is 10.6 Å². The molecule has 2 heteroatoms. The monoisotopic (exact) mass is 216 g/mol. The predicted octanol–water partition coefficient (Wildman–Crippen LogP) is 2.70. The van der Waals surface area contributed by atoms with E-state index < -0.39 is 0 Å². The van der Waals surface area contributed by atoms with E-state index >= 15 is 0 Å². The first-order valence-corrected chi connectivity index (χ1v) is 4.72. The van der Waals surface area contributed by atoms with Gasteiger partial charge in [0.15, 0.2) is 5.78 Å². The van der Waals surface area contributed by atoms with E-state index in [0.29, 0.717) is 0 Å². The van der Waals surface area contributed by atoms with Gasteiger partial charge in [-0.05, 0) is 24.3 Å². The lowest BCUT2D eigenvalue weighted by Crippen LogP contribution is -2.28. The van der Waals surface area contributed by atoms with Crippen molar-refractivity contribution in [3.8, 4) is 0 Å². The molecule has 0 saturated heterocycles. The molecule has 1 aliphatic carbocycles. The van der Waals surface area contributed by atoms with E-state index in [1.807, 2.05) is 6.92 Å². The van der Waals surface area contributed by atoms with Gasteiger partial charge in [-0.25, -0.2) is 0 Å². The summed E-state index contributed by atoms with van der Waals surface area (Å²) in [7, 11) is 0. The highest BCUT2D eigenvalue weighted by Crippen LogP contribution is 2.34. The first-order chi connectivity index (χ1) is 4.92. The smallest absolute Gasteiger partial charge is 0.171 e. The summed E-state index contributed by atoms with van der Waals surface area (Å²) in [6.45, 7) is 6.19. The van der Waals surface area contributed by atoms with Gasteiger partial charge < -0.3 is 0 Å². The fraction of sp³-hybridized carbons (Fsp3) is 0.667. The molecule has 0 N–H and O–H groups in total. The van der Waals surface area contributed by atoms with E-state index in [2.05, 4.69) is 35.9 Å². The average molecular weight is 217 g/mol. The van der Waals surface area contributed by atoms with Crippen molar-refractivity contribution in [2.24, 2.45) is 5.41 Å². The molecule has 11 heavy (non-hydrogen) atoms. The molecule has 0 bridgehead atoms. The van der Waals surface area contributed by atoms with Gasteiger partial charge in [-0.1, -0.05) is 35.9 Å². The summed E-state index contributed by atoms with van der Waals surface area (Å²) < 4.78 is 0. The fourth-order valence-corrected chi connectivity index (χ4v) is 2.71. The summed E-state index contributed by atoms with van der Waals surface area (Å²) in [5.74, 6) is 0.240. The molecule has 0 aromatic carbocycles. The van der Waals surface area contributed by atoms with Crippen LogP contribution >= 0.6 is 15.9 Å². The summed E-state index contributed by atoms with van der Waals surface area (Å²) >= 11 is 3.38. The van der Waals surface area contributed by atoms with E-state index in [-0.39, 0.29) is 16.0 Å². The minimum absolute atomic E-state index is 0.0301. The maximum Gasteiger partial charge on any atom is 0.171 e. The van der Waals surface area contributed by atoms with Crippen molar-refractivity contribution in [1.82, 2.24) is 0 Å². The maximum absolute atomic E-state index is 11.3. The molecule has 0 heterocycles. The van der Waals surface area contributed by atoms with Gasteiger partial charge >= 0.3 is 0 Å². The van der Waals surface area contributed by atoms with Crippen LogP contribution in [0.15, 0.2) is 11.6 Å². The van der Waals surface area contributed by atoms with Gasteiger partial charge in [0.25, 0.3) is 0 Å². The number of hydrogen-bond acceptors (Lipinski definition) is 1. The van der Waals surface area contributed by atoms with Crippen LogP contribution in [0.4, 0.5) is 0 Å². The van der Waals surface area contributed by atoms with Gasteiger partial charge in [0.05, 0.1) is 4.83 Å². The Bertz CT molecular complexity index is 216. The van der Waals surface area contributed by atoms with Crippen LogP contribution < -0.4 is 0 Å². The minimum atomic E-state index is 0.0301. The molecule has 0 aromatic heterocycles. The van der Waals surface area contributed by atoms with Crippen molar-refractivity contribution in [2.75, 3.05) is 0 Å². The normalized spacial score (nSPS) is 30.0. The van der Waals surface area contributed by atoms with E-state index in [4.69, 9.17) is 0 Å². The summed E-state index contributed by atoms with van der Waals surface area (Å²) in [4.78, 5) is 11.3. The van der Waals surface area contributed by atoms with Crippen LogP contribution in [0.25, 0.3) is 0 Å². The molecule has 0 saturated carbocycles. The highest BCUT2D eigenvalue weighted by molar-refractivity contribution is 9.10. The van der Waals surface area contributed by atoms with E-state index in [1.165, 1.54) is 0 Å². The first kappa shape index (κ1) is 8.98. The largest absolute Gasteiger partial charge is 0.293 e. The molecule has 0 spiro atoms. The number of carbonyl (C=O) groups excluding carboxylic acids is 1. The van der Waals surface area contributed by atoms with Crippen LogP contribution in [0.5, 0.6) is 0 Å². The van der Waals surface area contributed by atoms with Gasteiger partial charge in [-0.3, -0.25) is 4.79 Å². The van der Waals surface area contributed by atoms with Crippen molar-refractivity contribution >= 4 is 21.7 Å². The van der Waals surface area contributed by atoms with Crippen LogP contribution in [0, 0.1) is 5.41 Å². The molecular weight excluding hydrogens is 204 g/mol. The number of halogens is 1. The molecule has 0 fully saturated rings. The van der Waals surface area contributed by atoms with Gasteiger partial charge in [0, 0.05) is 0 Å². The fourth-order valence-electron chi connectivity index (χ4n) is 1.52. The Morgan fingerprint density at radius 3 is 2.64 bits per heavy atom. The number of alkyl halides is 1. The highest BCUT2D eigenvalue weighted by Gasteiger charge is 2.30. The molecule has 0 aromatic rings. The van der Waals surface area contributed by atoms with Gasteiger partial charge in [0.2, 0.25) is 0 Å². The molecule has 1 atom stereocenters. The second-order valence-electron chi connectivity index (χ2n) is 3.85. The average Bonchev–Trinajstić information content (AvgIpc) is 1.81. The molecule has 1 aliphatic rings. The first-order valence-electron chi connectivity index (χ1n) is 3.80. The zero-order chi connectivity index (χ0) is 8.65. The quantitative estimate of drug-likeness (QED) is 0.570. The van der Waals surface area contributed by atoms with Crippen LogP contribution in [-0.2, 0) is 4.79 Å². The number of allylic oxidation sites excluding steroid dienone is 2. The number of rotatable bonds is 0. The van der Waals surface area contributed by atoms with Crippen molar-refractivity contribution in [3.05, 3.63) is 11.6 Å². The second kappa shape index (κ2) is 2.74. The van der Waals surface area contributed by atoms with E-state index in [0.717, 1.165) is 12.0 Å². The third-order valence-electron chi connectivity index (χ3n) is 1.99. The Morgan fingerprint density at radius 2 is 2.18 bits per heavy atom. The Labute approximate surface area is 76.0 Å². The van der Waals surface area contributed by atoms with Crippen LogP contribution in [0.1, 0.15) is 27.2 Å². The van der Waals surface area contributed by atoms with E-state index in [9.17, 15) is 4.79 Å². The van der Waals surface area contributed by atoms with Gasteiger partial charge in [-0.2, -0.15) is 0 Å². The van der Waals surface area contributed by atoms with Crippen molar-refractivity contribution in [2.45, 2.75) is 32.0 Å². The lowest BCUT2D eigenvalue weighted by molar-refractivity contribution is -0.115. The number of ketones is 1. The second-order valence-corrected chi connectivity index (χ2v) is 4.96. The number of hydrogen-bond donors (Lipinski definition) is 0. The van der Waals surface area contributed by atoms with Crippen molar-refractivity contribution < 1.29 is 4.79 Å². The standard InChI is InChI=1S/C9H13BrO/c1-6-4-9(2,3)5-7(10)8(6)11/h4,7H,5H2,1-3H3. The molecule has 0 aliphatic heterocycles. The minimum Gasteiger partial charge on any atom is -0.293 e. The molecule has 1 rings (SSSR count). The lowest BCUT2D eigenvalue weighted by atomic mass is 9.79. The highest BCUT2D eigenvalue weighted by atomic mass is 79.9. The topological polar surface area (TPSA) is 17.1 Å². The summed E-state index contributed by atoms with van der Waals surface area (Å²) in [5, 5.41) is 0. The van der Waals surface area contributed by atoms with E-state index in [1.54, 1.807) is 0 Å². The summed E-state index contributed by atoms with van der Waals surface area (Å²) in [5.41, 5.74) is 1.06. The third-order valence-corrected chi connectivity index (χ3v) is 2.73. The number of carbonyl (C=O) groups is 1. The Kier molecular flexibility index (Phi) is 2.24. The zero-order valence-corrected chi connectivity index (χ0v) is 8.73. The molecule has 0 amide bonds. The Hall–Kier alpha value is -0.110. The molecule has 62 valence electrons. The Morgan fingerprint density at radius 1 is 1.64 bits per heavy atom. The predicted molar refractivity (Wildman–Crippen MR) is 49.9 cm³/mol. The van der Waals surface area contributed by atoms with Gasteiger partial charge in [0.1, 0.15) is 0 Å². The lowest BCUT2D eigenvalue weighted by Gasteiger charge is -2.28. The molecule has 1 unspecified atom stereocenters. The molecule has 1 nitrogen and oxygen atoms in total. The summed E-state index contributed by atoms with van der Waals surface area (Å²) in [6, 6.07) is 0. The van der Waals surface area contributed by atoms with Crippen molar-refractivity contribution in [1.29, 1.82) is 0 Å². The molecule has 0 radical (unpaired) electrons. The number of Topliss-reactive ketones (excluding diaryl/α,β-unsaturated/α-hetero) is 1. The Balaban J connectivity index is 2.94. The van der Waals surface area contributed by atoms with Crippen molar-refractivity contribution in [3.63, 3.8) is 0 Å². The third kappa shape index (κ3) is 1.92.